The highest BCUT2D eigenvalue weighted by atomic mass is 79.9. The molecule has 1 unspecified atom stereocenters. The number of sulfonamides is 1. The summed E-state index contributed by atoms with van der Waals surface area (Å²) in [7, 11) is -4.10. The van der Waals surface area contributed by atoms with Crippen LogP contribution in [0.1, 0.15) is 6.92 Å². The van der Waals surface area contributed by atoms with Crippen molar-refractivity contribution >= 4 is 43.6 Å². The number of pyridine rings is 1. The average Bonchev–Trinajstić information content (AvgIpc) is 2.36. The van der Waals surface area contributed by atoms with Crippen molar-refractivity contribution in [2.24, 2.45) is 0 Å². The normalized spacial score (nSPS) is 20.8. The molecule has 2 amide bonds. The van der Waals surface area contributed by atoms with E-state index >= 15 is 0 Å². The first-order valence-corrected chi connectivity index (χ1v) is 7.73. The van der Waals surface area contributed by atoms with Crippen molar-refractivity contribution in [1.29, 1.82) is 0 Å². The molecule has 8 nitrogen and oxygen atoms in total. The molecule has 0 spiro atoms. The maximum Gasteiger partial charge on any atom is 0.247 e. The van der Waals surface area contributed by atoms with Crippen LogP contribution < -0.4 is 11.1 Å². The summed E-state index contributed by atoms with van der Waals surface area (Å²) in [6.07, 6.45) is 1.35. The number of aromatic nitrogens is 1. The van der Waals surface area contributed by atoms with Crippen LogP contribution in [0.25, 0.3) is 0 Å². The Balaban J connectivity index is 2.51. The Morgan fingerprint density at radius 1 is 1.50 bits per heavy atom. The summed E-state index contributed by atoms with van der Waals surface area (Å²) in [4.78, 5) is 26.4. The lowest BCUT2D eigenvalue weighted by Crippen LogP contribution is -2.58. The summed E-state index contributed by atoms with van der Waals surface area (Å²) in [5, 5.41) is 2.07. The van der Waals surface area contributed by atoms with Gasteiger partial charge in [0.1, 0.15) is 16.8 Å². The minimum Gasteiger partial charge on any atom is -0.383 e. The molecule has 10 heteroatoms. The van der Waals surface area contributed by atoms with Crippen molar-refractivity contribution in [3.63, 3.8) is 0 Å². The van der Waals surface area contributed by atoms with E-state index in [4.69, 9.17) is 5.73 Å². The number of carbonyl (C=O) groups is 2. The lowest BCUT2D eigenvalue weighted by molar-refractivity contribution is -0.136. The van der Waals surface area contributed by atoms with Crippen LogP contribution in [0.5, 0.6) is 0 Å². The first-order valence-electron chi connectivity index (χ1n) is 5.50. The maximum absolute atomic E-state index is 12.5. The number of imide groups is 1. The third-order valence-electron chi connectivity index (χ3n) is 2.81. The fourth-order valence-electron chi connectivity index (χ4n) is 1.75. The SMILES string of the molecule is CC1C(=O)NC(=O)CN1S(=O)(=O)c1cc(Br)cnc1N. The Kier molecular flexibility index (Phi) is 3.80. The number of nitrogens with zero attached hydrogens (tertiary/aromatic N) is 2. The number of hydrogen-bond donors (Lipinski definition) is 2. The molecule has 20 heavy (non-hydrogen) atoms. The first kappa shape index (κ1) is 14.9. The molecule has 1 fully saturated rings. The van der Waals surface area contributed by atoms with Gasteiger partial charge in [0.05, 0.1) is 6.54 Å². The summed E-state index contributed by atoms with van der Waals surface area (Å²) >= 11 is 3.10. The molecule has 108 valence electrons. The number of anilines is 1. The van der Waals surface area contributed by atoms with Crippen molar-refractivity contribution in [3.8, 4) is 0 Å². The summed E-state index contributed by atoms with van der Waals surface area (Å²) in [6.45, 7) is 0.947. The molecule has 1 atom stereocenters. The number of nitrogen functional groups attached to an aromatic ring is 1. The molecule has 1 aliphatic heterocycles. The van der Waals surface area contributed by atoms with E-state index in [0.717, 1.165) is 4.31 Å². The first-order chi connectivity index (χ1) is 9.23. The van der Waals surface area contributed by atoms with Gasteiger partial charge in [-0.05, 0) is 28.9 Å². The minimum absolute atomic E-state index is 0.196. The highest BCUT2D eigenvalue weighted by molar-refractivity contribution is 9.10. The molecule has 2 rings (SSSR count). The Bertz CT molecular complexity index is 690. The zero-order chi connectivity index (χ0) is 15.1. The van der Waals surface area contributed by atoms with Crippen LogP contribution in [0, 0.1) is 0 Å². The van der Waals surface area contributed by atoms with E-state index in [1.54, 1.807) is 0 Å². The largest absolute Gasteiger partial charge is 0.383 e. The van der Waals surface area contributed by atoms with Crippen molar-refractivity contribution in [2.45, 2.75) is 17.9 Å². The van der Waals surface area contributed by atoms with E-state index in [1.165, 1.54) is 19.2 Å². The van der Waals surface area contributed by atoms with Gasteiger partial charge in [-0.1, -0.05) is 0 Å². The van der Waals surface area contributed by atoms with Crippen LogP contribution >= 0.6 is 15.9 Å². The molecule has 2 heterocycles. The second-order valence-corrected chi connectivity index (χ2v) is 6.95. The third-order valence-corrected chi connectivity index (χ3v) is 5.19. The van der Waals surface area contributed by atoms with Crippen LogP contribution in [-0.4, -0.2) is 42.1 Å². The Hall–Kier alpha value is -1.52. The quantitative estimate of drug-likeness (QED) is 0.681. The third kappa shape index (κ3) is 2.53. The topological polar surface area (TPSA) is 122 Å². The van der Waals surface area contributed by atoms with E-state index in [-0.39, 0.29) is 10.7 Å². The monoisotopic (exact) mass is 362 g/mol. The van der Waals surface area contributed by atoms with Crippen molar-refractivity contribution in [1.82, 2.24) is 14.6 Å². The van der Waals surface area contributed by atoms with Gasteiger partial charge in [-0.25, -0.2) is 13.4 Å². The summed E-state index contributed by atoms with van der Waals surface area (Å²) in [5.41, 5.74) is 5.57. The minimum atomic E-state index is -4.10. The molecule has 0 saturated carbocycles. The smallest absolute Gasteiger partial charge is 0.247 e. The molecular formula is C10H11BrN4O4S. The molecule has 1 aromatic heterocycles. The lowest BCUT2D eigenvalue weighted by Gasteiger charge is -2.30. The van der Waals surface area contributed by atoms with E-state index in [1.807, 2.05) is 0 Å². The Morgan fingerprint density at radius 3 is 2.80 bits per heavy atom. The van der Waals surface area contributed by atoms with Crippen molar-refractivity contribution < 1.29 is 18.0 Å². The molecule has 1 aliphatic rings. The molecular weight excluding hydrogens is 352 g/mol. The van der Waals surface area contributed by atoms with Gasteiger partial charge in [-0.15, -0.1) is 0 Å². The number of hydrogen-bond acceptors (Lipinski definition) is 6. The number of nitrogens with two attached hydrogens (primary N) is 1. The second-order valence-electron chi connectivity index (χ2n) is 4.18. The highest BCUT2D eigenvalue weighted by Gasteiger charge is 2.40. The number of rotatable bonds is 2. The molecule has 3 N–H and O–H groups in total. The van der Waals surface area contributed by atoms with Crippen molar-refractivity contribution in [3.05, 3.63) is 16.7 Å². The van der Waals surface area contributed by atoms with Crippen molar-refractivity contribution in [2.75, 3.05) is 12.3 Å². The van der Waals surface area contributed by atoms with Gasteiger partial charge < -0.3 is 5.73 Å². The standard InChI is InChI=1S/C10H11BrN4O4S/c1-5-10(17)14-8(16)4-15(5)20(18,19)7-2-6(11)3-13-9(7)12/h2-3,5H,4H2,1H3,(H2,12,13)(H,14,16,17). The number of piperazine rings is 1. The zero-order valence-electron chi connectivity index (χ0n) is 10.3. The molecule has 0 aliphatic carbocycles. The fraction of sp³-hybridized carbons (Fsp3) is 0.300. The highest BCUT2D eigenvalue weighted by Crippen LogP contribution is 2.26. The van der Waals surface area contributed by atoms with Crippen LogP contribution in [-0.2, 0) is 19.6 Å². The van der Waals surface area contributed by atoms with Crippen LogP contribution in [0.15, 0.2) is 21.6 Å². The molecule has 1 aromatic rings. The van der Waals surface area contributed by atoms with Gasteiger partial charge in [0, 0.05) is 10.7 Å². The van der Waals surface area contributed by atoms with E-state index in [0.29, 0.717) is 4.47 Å². The second kappa shape index (κ2) is 5.11. The predicted octanol–water partition coefficient (Wildman–Crippen LogP) is -0.538. The number of amides is 2. The molecule has 0 aromatic carbocycles. The summed E-state index contributed by atoms with van der Waals surface area (Å²) in [5.74, 6) is -1.55. The molecule has 0 bridgehead atoms. The number of nitrogens with one attached hydrogen (secondary N) is 1. The molecule has 1 saturated heterocycles. The summed E-state index contributed by atoms with van der Waals surface area (Å²) in [6, 6.07) is 0.276. The average molecular weight is 363 g/mol. The Labute approximate surface area is 123 Å². The Morgan fingerprint density at radius 2 is 2.15 bits per heavy atom. The van der Waals surface area contributed by atoms with E-state index in [2.05, 4.69) is 26.2 Å². The number of carbonyl (C=O) groups excluding carboxylic acids is 2. The van der Waals surface area contributed by atoms with E-state index in [9.17, 15) is 18.0 Å². The van der Waals surface area contributed by atoms with Gasteiger partial charge in [0.2, 0.25) is 21.8 Å². The van der Waals surface area contributed by atoms with Gasteiger partial charge in [-0.2, -0.15) is 4.31 Å². The zero-order valence-corrected chi connectivity index (χ0v) is 12.7. The van der Waals surface area contributed by atoms with Crippen LogP contribution in [0.3, 0.4) is 0 Å². The maximum atomic E-state index is 12.5. The van der Waals surface area contributed by atoms with E-state index < -0.39 is 34.4 Å². The van der Waals surface area contributed by atoms with Gasteiger partial charge in [0.15, 0.2) is 0 Å². The van der Waals surface area contributed by atoms with Crippen LogP contribution in [0.4, 0.5) is 5.82 Å². The number of halogens is 1. The summed E-state index contributed by atoms with van der Waals surface area (Å²) < 4.78 is 26.3. The van der Waals surface area contributed by atoms with Gasteiger partial charge >= 0.3 is 0 Å². The molecule has 0 radical (unpaired) electrons. The fourth-order valence-corrected chi connectivity index (χ4v) is 3.88. The van der Waals surface area contributed by atoms with Crippen LogP contribution in [0.2, 0.25) is 0 Å². The lowest BCUT2D eigenvalue weighted by atomic mass is 10.2. The predicted molar refractivity (Wildman–Crippen MR) is 72.9 cm³/mol. The van der Waals surface area contributed by atoms with Gasteiger partial charge in [-0.3, -0.25) is 14.9 Å². The van der Waals surface area contributed by atoms with Gasteiger partial charge in [0.25, 0.3) is 0 Å².